The highest BCUT2D eigenvalue weighted by Gasteiger charge is 2.17. The van der Waals surface area contributed by atoms with Crippen LogP contribution < -0.4 is 5.32 Å². The molecule has 0 radical (unpaired) electrons. The second kappa shape index (κ2) is 10.2. The molecule has 0 fully saturated rings. The Balaban J connectivity index is 1.81. The van der Waals surface area contributed by atoms with Crippen molar-refractivity contribution in [2.24, 2.45) is 0 Å². The van der Waals surface area contributed by atoms with Crippen LogP contribution in [0.15, 0.2) is 59.8 Å². The van der Waals surface area contributed by atoms with Gasteiger partial charge in [-0.05, 0) is 43.2 Å². The molecule has 1 N–H and O–H groups in total. The van der Waals surface area contributed by atoms with E-state index < -0.39 is 0 Å². The Morgan fingerprint density at radius 3 is 2.55 bits per heavy atom. The molecule has 1 amide bonds. The second-order valence-corrected chi connectivity index (χ2v) is 7.87. The fraction of sp³-hybridized carbons (Fsp3) is 0.318. The molecule has 1 aromatic heterocycles. The minimum Gasteiger partial charge on any atom is -0.353 e. The Labute approximate surface area is 174 Å². The number of benzene rings is 2. The lowest BCUT2D eigenvalue weighted by Gasteiger charge is -2.13. The molecule has 3 rings (SSSR count). The van der Waals surface area contributed by atoms with Gasteiger partial charge in [-0.15, -0.1) is 10.2 Å². The van der Waals surface area contributed by atoms with Crippen molar-refractivity contribution < 1.29 is 9.18 Å². The van der Waals surface area contributed by atoms with E-state index in [1.54, 1.807) is 12.1 Å². The first-order valence-electron chi connectivity index (χ1n) is 9.72. The van der Waals surface area contributed by atoms with Crippen LogP contribution in [0, 0.1) is 5.82 Å². The molecule has 0 aliphatic heterocycles. The van der Waals surface area contributed by atoms with Gasteiger partial charge in [0.15, 0.2) is 11.0 Å². The summed E-state index contributed by atoms with van der Waals surface area (Å²) in [7, 11) is 0. The number of amides is 1. The van der Waals surface area contributed by atoms with Gasteiger partial charge in [-0.25, -0.2) is 4.39 Å². The highest BCUT2D eigenvalue weighted by Crippen LogP contribution is 2.25. The minimum atomic E-state index is -0.296. The number of nitrogens with zero attached hydrogens (tertiary/aromatic N) is 3. The quantitative estimate of drug-likeness (QED) is 0.525. The molecule has 2 aromatic carbocycles. The zero-order valence-electron chi connectivity index (χ0n) is 16.6. The first-order valence-corrected chi connectivity index (χ1v) is 10.7. The van der Waals surface area contributed by atoms with Crippen LogP contribution in [0.25, 0.3) is 11.4 Å². The van der Waals surface area contributed by atoms with Gasteiger partial charge < -0.3 is 5.32 Å². The zero-order chi connectivity index (χ0) is 20.6. The van der Waals surface area contributed by atoms with Gasteiger partial charge >= 0.3 is 0 Å². The molecular formula is C22H25FN4OS. The number of carbonyl (C=O) groups excluding carboxylic acids is 1. The largest absolute Gasteiger partial charge is 0.353 e. The van der Waals surface area contributed by atoms with Crippen LogP contribution in [0.5, 0.6) is 0 Å². The lowest BCUT2D eigenvalue weighted by atomic mass is 10.2. The van der Waals surface area contributed by atoms with Crippen molar-refractivity contribution in [2.45, 2.75) is 44.4 Å². The van der Waals surface area contributed by atoms with Crippen LogP contribution in [-0.4, -0.2) is 32.5 Å². The number of rotatable bonds is 9. The van der Waals surface area contributed by atoms with E-state index in [-0.39, 0.29) is 23.5 Å². The van der Waals surface area contributed by atoms with Crippen molar-refractivity contribution in [3.63, 3.8) is 0 Å². The van der Waals surface area contributed by atoms with Gasteiger partial charge in [-0.2, -0.15) is 0 Å². The van der Waals surface area contributed by atoms with Crippen molar-refractivity contribution in [1.82, 2.24) is 20.1 Å². The molecule has 7 heteroatoms. The second-order valence-electron chi connectivity index (χ2n) is 6.93. The fourth-order valence-electron chi connectivity index (χ4n) is 3.07. The van der Waals surface area contributed by atoms with E-state index in [1.807, 2.05) is 41.8 Å². The monoisotopic (exact) mass is 412 g/mol. The van der Waals surface area contributed by atoms with Gasteiger partial charge in [0, 0.05) is 11.6 Å². The summed E-state index contributed by atoms with van der Waals surface area (Å²) in [4.78, 5) is 12.3. The van der Waals surface area contributed by atoms with Crippen molar-refractivity contribution in [2.75, 3.05) is 5.75 Å². The fourth-order valence-corrected chi connectivity index (χ4v) is 3.82. The number of nitrogens with one attached hydrogen (secondary N) is 1. The maximum absolute atomic E-state index is 13.3. The SMILES string of the molecule is CCC[C@H](C)NC(=O)CSc1nnc(-c2ccc(F)cc2)n1Cc1ccccc1. The Morgan fingerprint density at radius 2 is 1.86 bits per heavy atom. The van der Waals surface area contributed by atoms with Gasteiger partial charge in [-0.3, -0.25) is 9.36 Å². The highest BCUT2D eigenvalue weighted by molar-refractivity contribution is 7.99. The molecule has 3 aromatic rings. The van der Waals surface area contributed by atoms with E-state index in [1.165, 1.54) is 23.9 Å². The molecule has 1 heterocycles. The summed E-state index contributed by atoms with van der Waals surface area (Å²) in [6.07, 6.45) is 1.98. The van der Waals surface area contributed by atoms with Crippen molar-refractivity contribution >= 4 is 17.7 Å². The van der Waals surface area contributed by atoms with Crippen molar-refractivity contribution in [1.29, 1.82) is 0 Å². The molecule has 152 valence electrons. The molecule has 0 bridgehead atoms. The Hall–Kier alpha value is -2.67. The van der Waals surface area contributed by atoms with Crippen LogP contribution in [0.4, 0.5) is 4.39 Å². The van der Waals surface area contributed by atoms with E-state index in [0.29, 0.717) is 17.5 Å². The lowest BCUT2D eigenvalue weighted by molar-refractivity contribution is -0.119. The van der Waals surface area contributed by atoms with E-state index in [9.17, 15) is 9.18 Å². The summed E-state index contributed by atoms with van der Waals surface area (Å²) in [5.41, 5.74) is 1.88. The average molecular weight is 413 g/mol. The summed E-state index contributed by atoms with van der Waals surface area (Å²) in [6, 6.07) is 16.3. The van der Waals surface area contributed by atoms with Crippen molar-refractivity contribution in [3.05, 3.63) is 66.0 Å². The third-order valence-corrected chi connectivity index (χ3v) is 5.43. The maximum Gasteiger partial charge on any atom is 0.230 e. The number of halogens is 1. The Kier molecular flexibility index (Phi) is 7.41. The lowest BCUT2D eigenvalue weighted by Crippen LogP contribution is -2.33. The first-order chi connectivity index (χ1) is 14.1. The molecule has 0 spiro atoms. The van der Waals surface area contributed by atoms with Gasteiger partial charge in [0.05, 0.1) is 12.3 Å². The van der Waals surface area contributed by atoms with E-state index in [4.69, 9.17) is 0 Å². The number of thioether (sulfide) groups is 1. The van der Waals surface area contributed by atoms with Gasteiger partial charge in [0.25, 0.3) is 0 Å². The number of hydrogen-bond acceptors (Lipinski definition) is 4. The average Bonchev–Trinajstić information content (AvgIpc) is 3.10. The minimum absolute atomic E-state index is 0.0199. The summed E-state index contributed by atoms with van der Waals surface area (Å²) >= 11 is 1.36. The topological polar surface area (TPSA) is 59.8 Å². The smallest absolute Gasteiger partial charge is 0.230 e. The predicted molar refractivity (Wildman–Crippen MR) is 114 cm³/mol. The molecule has 0 saturated heterocycles. The molecule has 0 aliphatic rings. The van der Waals surface area contributed by atoms with Crippen LogP contribution in [-0.2, 0) is 11.3 Å². The van der Waals surface area contributed by atoms with Crippen molar-refractivity contribution in [3.8, 4) is 11.4 Å². The standard InChI is InChI=1S/C22H25FN4OS/c1-3-7-16(2)24-20(28)15-29-22-26-25-21(18-10-12-19(23)13-11-18)27(22)14-17-8-5-4-6-9-17/h4-6,8-13,16H,3,7,14-15H2,1-2H3,(H,24,28)/t16-/m0/s1. The molecule has 29 heavy (non-hydrogen) atoms. The first kappa shape index (κ1) is 21.0. The number of aromatic nitrogens is 3. The Morgan fingerprint density at radius 1 is 1.14 bits per heavy atom. The Bertz CT molecular complexity index is 928. The maximum atomic E-state index is 13.3. The molecule has 1 atom stereocenters. The molecule has 0 unspecified atom stereocenters. The van der Waals surface area contributed by atoms with Crippen LogP contribution in [0.2, 0.25) is 0 Å². The summed E-state index contributed by atoms with van der Waals surface area (Å²) in [5, 5.41) is 12.3. The van der Waals surface area contributed by atoms with Gasteiger partial charge in [0.2, 0.25) is 5.91 Å². The summed E-state index contributed by atoms with van der Waals surface area (Å²) < 4.78 is 15.3. The van der Waals surface area contributed by atoms with Gasteiger partial charge in [-0.1, -0.05) is 55.4 Å². The predicted octanol–water partition coefficient (Wildman–Crippen LogP) is 4.53. The van der Waals surface area contributed by atoms with Crippen LogP contribution in [0.1, 0.15) is 32.3 Å². The normalized spacial score (nSPS) is 12.0. The van der Waals surface area contributed by atoms with Crippen LogP contribution in [0.3, 0.4) is 0 Å². The van der Waals surface area contributed by atoms with Gasteiger partial charge in [0.1, 0.15) is 5.82 Å². The number of carbonyl (C=O) groups is 1. The van der Waals surface area contributed by atoms with E-state index >= 15 is 0 Å². The highest BCUT2D eigenvalue weighted by atomic mass is 32.2. The summed E-state index contributed by atoms with van der Waals surface area (Å²) in [5.74, 6) is 0.602. The summed E-state index contributed by atoms with van der Waals surface area (Å²) in [6.45, 7) is 4.67. The zero-order valence-corrected chi connectivity index (χ0v) is 17.5. The molecule has 0 aliphatic carbocycles. The molecule has 0 saturated carbocycles. The van der Waals surface area contributed by atoms with E-state index in [2.05, 4.69) is 22.4 Å². The van der Waals surface area contributed by atoms with E-state index in [0.717, 1.165) is 24.0 Å². The van der Waals surface area contributed by atoms with Crippen LogP contribution >= 0.6 is 11.8 Å². The number of hydrogen-bond donors (Lipinski definition) is 1. The third kappa shape index (κ3) is 5.90. The molecule has 5 nitrogen and oxygen atoms in total. The molecular weight excluding hydrogens is 387 g/mol. The third-order valence-electron chi connectivity index (χ3n) is 4.46.